The summed E-state index contributed by atoms with van der Waals surface area (Å²) in [6, 6.07) is 3.94. The van der Waals surface area contributed by atoms with Crippen molar-refractivity contribution in [2.75, 3.05) is 12.4 Å². The molecule has 1 aliphatic rings. The molecule has 2 atom stereocenters. The molecule has 1 aliphatic heterocycles. The number of allylic oxidation sites excluding steroid dienone is 3. The zero-order valence-electron chi connectivity index (χ0n) is 16.7. The molecule has 3 heterocycles. The van der Waals surface area contributed by atoms with Gasteiger partial charge in [0.25, 0.3) is 0 Å². The zero-order chi connectivity index (χ0) is 19.8. The van der Waals surface area contributed by atoms with E-state index in [4.69, 9.17) is 0 Å². The number of hydrogen-bond acceptors (Lipinski definition) is 5. The maximum atomic E-state index is 10.3. The van der Waals surface area contributed by atoms with Gasteiger partial charge in [-0.1, -0.05) is 26.0 Å². The van der Waals surface area contributed by atoms with Crippen LogP contribution in [0, 0.1) is 0 Å². The fraction of sp³-hybridized carbons (Fsp3) is 0.364. The molecule has 0 spiro atoms. The van der Waals surface area contributed by atoms with E-state index in [1.807, 2.05) is 64.6 Å². The number of aliphatic hydroxyl groups is 1. The first-order valence-corrected chi connectivity index (χ1v) is 9.50. The van der Waals surface area contributed by atoms with Crippen LogP contribution in [0.3, 0.4) is 0 Å². The monoisotopic (exact) mass is 366 g/mol. The van der Waals surface area contributed by atoms with E-state index < -0.39 is 6.10 Å². The number of anilines is 1. The summed E-state index contributed by atoms with van der Waals surface area (Å²) in [4.78, 5) is 8.96. The molecule has 0 radical (unpaired) electrons. The minimum atomic E-state index is -0.431. The molecule has 0 fully saturated rings. The van der Waals surface area contributed by atoms with Crippen LogP contribution < -0.4 is 10.6 Å². The highest BCUT2D eigenvalue weighted by Gasteiger charge is 2.20. The van der Waals surface area contributed by atoms with Gasteiger partial charge in [-0.3, -0.25) is 4.98 Å². The second-order valence-electron chi connectivity index (χ2n) is 6.27. The van der Waals surface area contributed by atoms with Crippen LogP contribution in [0.1, 0.15) is 39.3 Å². The Hall–Kier alpha value is -2.66. The molecule has 5 heteroatoms. The van der Waals surface area contributed by atoms with Crippen LogP contribution in [0.25, 0.3) is 16.3 Å². The van der Waals surface area contributed by atoms with E-state index in [-0.39, 0.29) is 6.04 Å². The van der Waals surface area contributed by atoms with Gasteiger partial charge in [0.1, 0.15) is 5.82 Å². The summed E-state index contributed by atoms with van der Waals surface area (Å²) < 4.78 is 0. The molecule has 0 bridgehead atoms. The highest BCUT2D eigenvalue weighted by atomic mass is 16.3. The molecule has 0 aromatic carbocycles. The predicted molar refractivity (Wildman–Crippen MR) is 115 cm³/mol. The molecule has 3 rings (SSSR count). The molecule has 0 amide bonds. The molecule has 5 nitrogen and oxygen atoms in total. The normalized spacial score (nSPS) is 17.0. The van der Waals surface area contributed by atoms with Crippen LogP contribution in [0.4, 0.5) is 5.82 Å². The van der Waals surface area contributed by atoms with Gasteiger partial charge in [-0.2, -0.15) is 0 Å². The van der Waals surface area contributed by atoms with Crippen molar-refractivity contribution >= 4 is 22.2 Å². The van der Waals surface area contributed by atoms with Crippen LogP contribution in [0.5, 0.6) is 0 Å². The highest BCUT2D eigenvalue weighted by molar-refractivity contribution is 5.88. The zero-order valence-corrected chi connectivity index (χ0v) is 16.7. The first-order chi connectivity index (χ1) is 13.1. The van der Waals surface area contributed by atoms with Crippen molar-refractivity contribution in [2.45, 2.75) is 45.8 Å². The van der Waals surface area contributed by atoms with Crippen molar-refractivity contribution < 1.29 is 5.11 Å². The van der Waals surface area contributed by atoms with Crippen molar-refractivity contribution in [3.63, 3.8) is 0 Å². The van der Waals surface area contributed by atoms with Crippen molar-refractivity contribution in [2.24, 2.45) is 0 Å². The van der Waals surface area contributed by atoms with Crippen molar-refractivity contribution in [3.05, 3.63) is 60.7 Å². The Morgan fingerprint density at radius 1 is 1.26 bits per heavy atom. The number of nitrogens with one attached hydrogen (secondary N) is 2. The minimum Gasteiger partial charge on any atom is -0.391 e. The number of rotatable bonds is 6. The van der Waals surface area contributed by atoms with Gasteiger partial charge in [0.2, 0.25) is 0 Å². The van der Waals surface area contributed by atoms with Crippen LogP contribution >= 0.6 is 0 Å². The van der Waals surface area contributed by atoms with E-state index in [1.54, 1.807) is 0 Å². The largest absolute Gasteiger partial charge is 0.391 e. The lowest BCUT2D eigenvalue weighted by Gasteiger charge is -2.26. The Morgan fingerprint density at radius 3 is 2.63 bits per heavy atom. The van der Waals surface area contributed by atoms with E-state index in [2.05, 4.69) is 33.3 Å². The summed E-state index contributed by atoms with van der Waals surface area (Å²) in [6.07, 6.45) is 10.6. The standard InChI is InChI=1S/C20H24N4O.C2H6/c1-4-5-6-19(25)18-7-13(2)16(12-23-18)17-8-14-11-24-20(21-3)9-15(14)10-22-17;1-2/h4,7-12,18-19,23,25H,1,5-6H2,2-3H3,(H,21,24);1-2H3. The van der Waals surface area contributed by atoms with Gasteiger partial charge in [0.15, 0.2) is 0 Å². The summed E-state index contributed by atoms with van der Waals surface area (Å²) in [5, 5.41) is 18.7. The highest BCUT2D eigenvalue weighted by Crippen LogP contribution is 2.27. The van der Waals surface area contributed by atoms with E-state index in [0.717, 1.165) is 39.9 Å². The Labute approximate surface area is 161 Å². The summed E-state index contributed by atoms with van der Waals surface area (Å²) in [6.45, 7) is 9.75. The molecule has 144 valence electrons. The molecular weight excluding hydrogens is 336 g/mol. The van der Waals surface area contributed by atoms with Gasteiger partial charge in [0.05, 0.1) is 17.8 Å². The first kappa shape index (κ1) is 20.6. The number of nitrogens with zero attached hydrogens (tertiary/aromatic N) is 2. The molecule has 2 aromatic heterocycles. The topological polar surface area (TPSA) is 70.1 Å². The Bertz CT molecular complexity index is 841. The fourth-order valence-electron chi connectivity index (χ4n) is 2.99. The molecule has 0 saturated carbocycles. The first-order valence-electron chi connectivity index (χ1n) is 9.50. The van der Waals surface area contributed by atoms with E-state index >= 15 is 0 Å². The summed E-state index contributed by atoms with van der Waals surface area (Å²) in [5.74, 6) is 0.827. The summed E-state index contributed by atoms with van der Waals surface area (Å²) >= 11 is 0. The molecule has 27 heavy (non-hydrogen) atoms. The quantitative estimate of drug-likeness (QED) is 0.666. The second kappa shape index (κ2) is 9.88. The Balaban J connectivity index is 0.00000126. The lowest BCUT2D eigenvalue weighted by molar-refractivity contribution is 0.142. The van der Waals surface area contributed by atoms with Crippen LogP contribution in [-0.2, 0) is 0 Å². The van der Waals surface area contributed by atoms with E-state index in [9.17, 15) is 5.11 Å². The third-order valence-corrected chi connectivity index (χ3v) is 4.49. The number of pyridine rings is 2. The minimum absolute atomic E-state index is 0.0796. The SMILES string of the molecule is C=CCCC(O)C1C=C(C)C(c2cc3cnc(NC)cc3cn2)=CN1.CC. The van der Waals surface area contributed by atoms with Gasteiger partial charge < -0.3 is 15.7 Å². The molecule has 2 aromatic rings. The van der Waals surface area contributed by atoms with Crippen LogP contribution in [0.15, 0.2) is 55.0 Å². The molecule has 0 aliphatic carbocycles. The smallest absolute Gasteiger partial charge is 0.126 e. The maximum absolute atomic E-state index is 10.3. The van der Waals surface area contributed by atoms with Crippen LogP contribution in [-0.4, -0.2) is 34.3 Å². The number of fused-ring (bicyclic) bond motifs is 1. The average Bonchev–Trinajstić information content (AvgIpc) is 2.72. The van der Waals surface area contributed by atoms with Gasteiger partial charge >= 0.3 is 0 Å². The second-order valence-corrected chi connectivity index (χ2v) is 6.27. The Morgan fingerprint density at radius 2 is 1.96 bits per heavy atom. The fourth-order valence-corrected chi connectivity index (χ4v) is 2.99. The average molecular weight is 367 g/mol. The van der Waals surface area contributed by atoms with Crippen molar-refractivity contribution in [3.8, 4) is 0 Å². The lowest BCUT2D eigenvalue weighted by Crippen LogP contribution is -2.37. The van der Waals surface area contributed by atoms with E-state index in [0.29, 0.717) is 6.42 Å². The van der Waals surface area contributed by atoms with Crippen molar-refractivity contribution in [1.29, 1.82) is 0 Å². The maximum Gasteiger partial charge on any atom is 0.126 e. The summed E-state index contributed by atoms with van der Waals surface area (Å²) in [5.41, 5.74) is 3.03. The third-order valence-electron chi connectivity index (χ3n) is 4.49. The number of hydrogen-bond donors (Lipinski definition) is 3. The van der Waals surface area contributed by atoms with Crippen LogP contribution in [0.2, 0.25) is 0 Å². The predicted octanol–water partition coefficient (Wildman–Crippen LogP) is 4.28. The number of aliphatic hydroxyl groups excluding tert-OH is 1. The van der Waals surface area contributed by atoms with E-state index in [1.165, 1.54) is 0 Å². The van der Waals surface area contributed by atoms with Gasteiger partial charge in [-0.15, -0.1) is 6.58 Å². The summed E-state index contributed by atoms with van der Waals surface area (Å²) in [7, 11) is 1.85. The van der Waals surface area contributed by atoms with Gasteiger partial charge in [-0.05, 0) is 37.5 Å². The Kier molecular flexibility index (Phi) is 7.55. The molecule has 0 saturated heterocycles. The molecule has 3 N–H and O–H groups in total. The molecule has 2 unspecified atom stereocenters. The van der Waals surface area contributed by atoms with Gasteiger partial charge in [-0.25, -0.2) is 4.98 Å². The number of aromatic nitrogens is 2. The van der Waals surface area contributed by atoms with Gasteiger partial charge in [0, 0.05) is 42.0 Å². The lowest BCUT2D eigenvalue weighted by atomic mass is 9.95. The number of dihydropyridines is 1. The molecular formula is C22H30N4O. The van der Waals surface area contributed by atoms with Crippen molar-refractivity contribution in [1.82, 2.24) is 15.3 Å². The third kappa shape index (κ3) is 4.95.